The maximum absolute atomic E-state index is 11.4. The quantitative estimate of drug-likeness (QED) is 0.614. The summed E-state index contributed by atoms with van der Waals surface area (Å²) >= 11 is 0. The smallest absolute Gasteiger partial charge is 0.744 e. The van der Waals surface area contributed by atoms with E-state index in [9.17, 15) is 13.0 Å². The molecule has 0 amide bonds. The Morgan fingerprint density at radius 2 is 1.75 bits per heavy atom. The molecule has 0 bridgehead atoms. The zero-order valence-electron chi connectivity index (χ0n) is 12.1. The summed E-state index contributed by atoms with van der Waals surface area (Å²) in [5.41, 5.74) is 2.33. The van der Waals surface area contributed by atoms with Gasteiger partial charge in [0.2, 0.25) is 0 Å². The summed E-state index contributed by atoms with van der Waals surface area (Å²) in [4.78, 5) is -0.100. The summed E-state index contributed by atoms with van der Waals surface area (Å²) in [6, 6.07) is 10.6. The largest absolute Gasteiger partial charge is 1.00 e. The van der Waals surface area contributed by atoms with Crippen molar-refractivity contribution in [2.45, 2.75) is 37.5 Å². The van der Waals surface area contributed by atoms with Gasteiger partial charge in [-0.05, 0) is 35.1 Å². The van der Waals surface area contributed by atoms with Crippen LogP contribution in [-0.2, 0) is 10.1 Å². The normalized spacial score (nSPS) is 12.9. The predicted octanol–water partition coefficient (Wildman–Crippen LogP) is 0.603. The summed E-state index contributed by atoms with van der Waals surface area (Å²) in [5, 5.41) is 0. The molecule has 20 heavy (non-hydrogen) atoms. The average Bonchev–Trinajstić information content (AvgIpc) is 2.52. The van der Waals surface area contributed by atoms with Crippen LogP contribution in [0.25, 0.3) is 11.1 Å². The van der Waals surface area contributed by atoms with Crippen LogP contribution in [-0.4, -0.2) is 13.0 Å². The van der Waals surface area contributed by atoms with Crippen molar-refractivity contribution >= 4 is 10.1 Å². The summed E-state index contributed by atoms with van der Waals surface area (Å²) < 4.78 is 34.2. The van der Waals surface area contributed by atoms with Gasteiger partial charge >= 0.3 is 29.6 Å². The van der Waals surface area contributed by atoms with Gasteiger partial charge in [0, 0.05) is 0 Å². The molecule has 3 nitrogen and oxygen atoms in total. The third kappa shape index (κ3) is 3.62. The second-order valence-corrected chi connectivity index (χ2v) is 6.19. The Morgan fingerprint density at radius 1 is 1.15 bits per heavy atom. The molecule has 0 saturated carbocycles. The van der Waals surface area contributed by atoms with Crippen LogP contribution in [0.4, 0.5) is 0 Å². The minimum absolute atomic E-state index is 0. The van der Waals surface area contributed by atoms with E-state index < -0.39 is 10.1 Å². The standard InChI is InChI=1S/C15H18O3S.Na/c1-3-7-11(2)14-10-15(19(16,17)18)13-9-6-4-5-8-12(13)14;/h4-6,8-11H,3,7H2,1-2H3,(H,16,17,18);/q;+1/p-1. The van der Waals surface area contributed by atoms with E-state index in [0.717, 1.165) is 24.0 Å². The topological polar surface area (TPSA) is 57.2 Å². The first-order chi connectivity index (χ1) is 8.95. The zero-order valence-corrected chi connectivity index (χ0v) is 14.9. The molecule has 102 valence electrons. The first-order valence-corrected chi connectivity index (χ1v) is 7.83. The summed E-state index contributed by atoms with van der Waals surface area (Å²) in [7, 11) is -4.44. The number of fused-ring (bicyclic) bond motifs is 1. The van der Waals surface area contributed by atoms with Gasteiger partial charge in [-0.3, -0.25) is 0 Å². The Hall–Kier alpha value is -0.390. The van der Waals surface area contributed by atoms with Gasteiger partial charge in [0.15, 0.2) is 0 Å². The van der Waals surface area contributed by atoms with Gasteiger partial charge in [-0.15, -0.1) is 0 Å². The molecule has 0 radical (unpaired) electrons. The molecule has 2 rings (SSSR count). The van der Waals surface area contributed by atoms with E-state index in [1.54, 1.807) is 18.2 Å². The van der Waals surface area contributed by atoms with Gasteiger partial charge in [-0.25, -0.2) is 8.42 Å². The Balaban J connectivity index is 0.00000200. The van der Waals surface area contributed by atoms with E-state index in [1.165, 1.54) is 0 Å². The van der Waals surface area contributed by atoms with Crippen molar-refractivity contribution in [3.63, 3.8) is 0 Å². The molecule has 0 aromatic heterocycles. The van der Waals surface area contributed by atoms with Crippen LogP contribution in [0.5, 0.6) is 0 Å². The Morgan fingerprint density at radius 3 is 2.30 bits per heavy atom. The molecule has 0 aliphatic heterocycles. The summed E-state index contributed by atoms with van der Waals surface area (Å²) in [5.74, 6) is 0.241. The van der Waals surface area contributed by atoms with Crippen molar-refractivity contribution in [3.8, 4) is 11.1 Å². The molecular formula is C15H17NaO3S. The molecule has 0 saturated heterocycles. The van der Waals surface area contributed by atoms with E-state index in [0.29, 0.717) is 5.56 Å². The first-order valence-electron chi connectivity index (χ1n) is 6.42. The van der Waals surface area contributed by atoms with Crippen LogP contribution >= 0.6 is 0 Å². The van der Waals surface area contributed by atoms with E-state index in [2.05, 4.69) is 13.8 Å². The van der Waals surface area contributed by atoms with Gasteiger partial charge in [0.1, 0.15) is 10.1 Å². The predicted molar refractivity (Wildman–Crippen MR) is 74.4 cm³/mol. The number of hydrogen-bond acceptors (Lipinski definition) is 3. The molecule has 0 spiro atoms. The number of rotatable bonds is 4. The van der Waals surface area contributed by atoms with Crippen LogP contribution in [0.15, 0.2) is 41.3 Å². The second kappa shape index (κ2) is 7.05. The van der Waals surface area contributed by atoms with Gasteiger partial charge in [-0.2, -0.15) is 0 Å². The molecule has 2 aliphatic rings. The molecule has 5 heteroatoms. The van der Waals surface area contributed by atoms with E-state index in [-0.39, 0.29) is 40.4 Å². The van der Waals surface area contributed by atoms with Crippen LogP contribution < -0.4 is 29.6 Å². The number of hydrogen-bond donors (Lipinski definition) is 0. The van der Waals surface area contributed by atoms with Crippen LogP contribution in [0.2, 0.25) is 0 Å². The van der Waals surface area contributed by atoms with Crippen molar-refractivity contribution in [3.05, 3.63) is 42.0 Å². The molecule has 0 aromatic carbocycles. The average molecular weight is 300 g/mol. The monoisotopic (exact) mass is 300 g/mol. The first kappa shape index (κ1) is 17.7. The van der Waals surface area contributed by atoms with Crippen LogP contribution in [0.3, 0.4) is 0 Å². The van der Waals surface area contributed by atoms with E-state index in [4.69, 9.17) is 0 Å². The van der Waals surface area contributed by atoms with Gasteiger partial charge in [-0.1, -0.05) is 50.6 Å². The van der Waals surface area contributed by atoms with E-state index in [1.807, 2.05) is 18.2 Å². The third-order valence-electron chi connectivity index (χ3n) is 3.42. The van der Waals surface area contributed by atoms with Crippen molar-refractivity contribution < 1.29 is 42.5 Å². The fraction of sp³-hybridized carbons (Fsp3) is 0.333. The summed E-state index contributed by atoms with van der Waals surface area (Å²) in [6.45, 7) is 4.15. The minimum Gasteiger partial charge on any atom is -0.744 e. The fourth-order valence-electron chi connectivity index (χ4n) is 2.51. The zero-order chi connectivity index (χ0) is 14.0. The maximum atomic E-state index is 11.4. The van der Waals surface area contributed by atoms with Gasteiger partial charge in [0.25, 0.3) is 0 Å². The summed E-state index contributed by atoms with van der Waals surface area (Å²) in [6.07, 6.45) is 1.99. The van der Waals surface area contributed by atoms with Gasteiger partial charge < -0.3 is 4.55 Å². The Kier molecular flexibility index (Phi) is 6.23. The molecule has 0 aromatic rings. The SMILES string of the molecule is CCCC(C)c1cc(S(=O)(=O)[O-])c2cccccc1-2.[Na+]. The molecular weight excluding hydrogens is 283 g/mol. The van der Waals surface area contributed by atoms with Crippen molar-refractivity contribution in [1.82, 2.24) is 0 Å². The molecule has 2 aliphatic carbocycles. The van der Waals surface area contributed by atoms with Crippen LogP contribution in [0.1, 0.15) is 38.2 Å². The molecule has 1 atom stereocenters. The maximum Gasteiger partial charge on any atom is 1.00 e. The van der Waals surface area contributed by atoms with Gasteiger partial charge in [0.05, 0.1) is 4.90 Å². The van der Waals surface area contributed by atoms with Crippen molar-refractivity contribution in [1.29, 1.82) is 0 Å². The molecule has 0 heterocycles. The fourth-order valence-corrected chi connectivity index (χ4v) is 3.23. The van der Waals surface area contributed by atoms with Crippen molar-refractivity contribution in [2.75, 3.05) is 0 Å². The Bertz CT molecular complexity index is 652. The Labute approximate surface area is 142 Å². The molecule has 1 unspecified atom stereocenters. The van der Waals surface area contributed by atoms with E-state index >= 15 is 0 Å². The van der Waals surface area contributed by atoms with Crippen molar-refractivity contribution in [2.24, 2.45) is 0 Å². The molecule has 0 fully saturated rings. The molecule has 0 N–H and O–H groups in total. The minimum atomic E-state index is -4.44. The van der Waals surface area contributed by atoms with Crippen LogP contribution in [0, 0.1) is 0 Å². The third-order valence-corrected chi connectivity index (χ3v) is 4.30. The second-order valence-electron chi connectivity index (χ2n) is 4.85.